The van der Waals surface area contributed by atoms with Gasteiger partial charge in [-0.1, -0.05) is 79.9 Å². The van der Waals surface area contributed by atoms with Crippen molar-refractivity contribution in [3.8, 4) is 0 Å². The highest BCUT2D eigenvalue weighted by Crippen LogP contribution is 2.40. The van der Waals surface area contributed by atoms with E-state index < -0.39 is 5.60 Å². The molecule has 0 amide bonds. The van der Waals surface area contributed by atoms with Crippen LogP contribution in [0.3, 0.4) is 0 Å². The van der Waals surface area contributed by atoms with Crippen LogP contribution in [0.5, 0.6) is 0 Å². The quantitative estimate of drug-likeness (QED) is 0.347. The van der Waals surface area contributed by atoms with Crippen LogP contribution in [-0.2, 0) is 4.74 Å². The van der Waals surface area contributed by atoms with Gasteiger partial charge in [0.05, 0.1) is 5.56 Å². The van der Waals surface area contributed by atoms with Crippen LogP contribution >= 0.6 is 0 Å². The molecule has 0 spiro atoms. The summed E-state index contributed by atoms with van der Waals surface area (Å²) in [6.07, 6.45) is 6.85. The van der Waals surface area contributed by atoms with E-state index in [-0.39, 0.29) is 11.4 Å². The molecule has 0 saturated heterocycles. The highest BCUT2D eigenvalue weighted by atomic mass is 16.6. The molecule has 2 heteroatoms. The van der Waals surface area contributed by atoms with Gasteiger partial charge in [-0.2, -0.15) is 0 Å². The van der Waals surface area contributed by atoms with Crippen LogP contribution in [0.1, 0.15) is 123 Å². The number of rotatable bonds is 11. The van der Waals surface area contributed by atoms with E-state index in [1.54, 1.807) is 0 Å². The van der Waals surface area contributed by atoms with Gasteiger partial charge >= 0.3 is 5.97 Å². The van der Waals surface area contributed by atoms with Gasteiger partial charge in [0, 0.05) is 0 Å². The Morgan fingerprint density at radius 2 is 1.52 bits per heavy atom. The fourth-order valence-corrected chi connectivity index (χ4v) is 4.33. The highest BCUT2D eigenvalue weighted by molar-refractivity contribution is 5.89. The summed E-state index contributed by atoms with van der Waals surface area (Å²) in [7, 11) is 0. The van der Waals surface area contributed by atoms with Gasteiger partial charge in [-0.05, 0) is 74.0 Å². The Hall–Kier alpha value is -1.31. The SMILES string of the molecule is CCCCC(CCC)C(C)(C)OC(=O)c1ccc(C(CC(C)C)C(C)(C)C)cc1. The van der Waals surface area contributed by atoms with Crippen LogP contribution in [0.2, 0.25) is 0 Å². The molecular weight excluding hydrogens is 356 g/mol. The van der Waals surface area contributed by atoms with Crippen molar-refractivity contribution in [2.45, 2.75) is 112 Å². The van der Waals surface area contributed by atoms with E-state index >= 15 is 0 Å². The number of benzene rings is 1. The van der Waals surface area contributed by atoms with Crippen LogP contribution in [0.25, 0.3) is 0 Å². The summed E-state index contributed by atoms with van der Waals surface area (Å²) in [4.78, 5) is 12.9. The molecule has 29 heavy (non-hydrogen) atoms. The number of esters is 1. The molecule has 0 aliphatic heterocycles. The number of hydrogen-bond acceptors (Lipinski definition) is 2. The standard InChI is InChI=1S/C27H46O2/c1-10-12-14-23(13-11-2)27(8,9)29-25(28)22-17-15-21(16-18-22)24(19-20(3)4)26(5,6)7/h15-18,20,23-24H,10-14,19H2,1-9H3. The van der Waals surface area contributed by atoms with Crippen molar-refractivity contribution in [3.05, 3.63) is 35.4 Å². The number of ether oxygens (including phenoxy) is 1. The molecule has 0 bridgehead atoms. The van der Waals surface area contributed by atoms with Gasteiger partial charge in [-0.15, -0.1) is 0 Å². The first-order valence-corrected chi connectivity index (χ1v) is 11.8. The van der Waals surface area contributed by atoms with E-state index in [2.05, 4.69) is 74.4 Å². The lowest BCUT2D eigenvalue weighted by molar-refractivity contribution is -0.0346. The van der Waals surface area contributed by atoms with Crippen molar-refractivity contribution in [3.63, 3.8) is 0 Å². The first-order chi connectivity index (χ1) is 13.4. The Morgan fingerprint density at radius 3 is 1.97 bits per heavy atom. The summed E-state index contributed by atoms with van der Waals surface area (Å²) in [5.41, 5.74) is 1.73. The molecule has 0 aromatic heterocycles. The summed E-state index contributed by atoms with van der Waals surface area (Å²) in [6, 6.07) is 8.16. The predicted octanol–water partition coefficient (Wildman–Crippen LogP) is 8.40. The predicted molar refractivity (Wildman–Crippen MR) is 126 cm³/mol. The summed E-state index contributed by atoms with van der Waals surface area (Å²) in [6.45, 7) is 20.0. The van der Waals surface area contributed by atoms with Gasteiger partial charge in [-0.25, -0.2) is 4.79 Å². The van der Waals surface area contributed by atoms with E-state index in [1.807, 2.05) is 12.1 Å². The molecule has 1 aromatic carbocycles. The zero-order valence-electron chi connectivity index (χ0n) is 20.6. The molecule has 0 fully saturated rings. The molecular formula is C27H46O2. The average molecular weight is 403 g/mol. The molecule has 0 heterocycles. The van der Waals surface area contributed by atoms with Crippen LogP contribution in [0.4, 0.5) is 0 Å². The first kappa shape index (κ1) is 25.7. The summed E-state index contributed by atoms with van der Waals surface area (Å²) in [5.74, 6) is 1.33. The number of unbranched alkanes of at least 4 members (excludes halogenated alkanes) is 1. The zero-order chi connectivity index (χ0) is 22.2. The second-order valence-electron chi connectivity index (χ2n) is 10.8. The van der Waals surface area contributed by atoms with Crippen LogP contribution in [0.15, 0.2) is 24.3 Å². The fourth-order valence-electron chi connectivity index (χ4n) is 4.33. The van der Waals surface area contributed by atoms with Crippen molar-refractivity contribution >= 4 is 5.97 Å². The van der Waals surface area contributed by atoms with Gasteiger partial charge in [-0.3, -0.25) is 0 Å². The van der Waals surface area contributed by atoms with E-state index in [0.29, 0.717) is 23.3 Å². The molecule has 2 nitrogen and oxygen atoms in total. The normalized spacial score (nSPS) is 14.7. The molecule has 0 saturated carbocycles. The Bertz CT molecular complexity index is 604. The Labute approximate surface area is 180 Å². The maximum Gasteiger partial charge on any atom is 0.338 e. The maximum absolute atomic E-state index is 12.9. The number of carbonyl (C=O) groups excluding carboxylic acids is 1. The molecule has 1 aromatic rings. The summed E-state index contributed by atoms with van der Waals surface area (Å²) < 4.78 is 6.03. The third-order valence-electron chi connectivity index (χ3n) is 6.18. The zero-order valence-corrected chi connectivity index (χ0v) is 20.6. The van der Waals surface area contributed by atoms with Gasteiger partial charge in [0.15, 0.2) is 0 Å². The minimum atomic E-state index is -0.438. The van der Waals surface area contributed by atoms with Crippen molar-refractivity contribution in [1.82, 2.24) is 0 Å². The van der Waals surface area contributed by atoms with E-state index in [1.165, 1.54) is 18.4 Å². The highest BCUT2D eigenvalue weighted by Gasteiger charge is 2.33. The van der Waals surface area contributed by atoms with Crippen molar-refractivity contribution < 1.29 is 9.53 Å². The van der Waals surface area contributed by atoms with Gasteiger partial charge in [0.2, 0.25) is 0 Å². The second-order valence-corrected chi connectivity index (χ2v) is 10.8. The lowest BCUT2D eigenvalue weighted by atomic mass is 9.72. The maximum atomic E-state index is 12.9. The summed E-state index contributed by atoms with van der Waals surface area (Å²) in [5, 5.41) is 0. The van der Waals surface area contributed by atoms with Crippen molar-refractivity contribution in [1.29, 1.82) is 0 Å². The Kier molecular flexibility index (Phi) is 9.92. The second kappa shape index (κ2) is 11.2. The minimum absolute atomic E-state index is 0.195. The Morgan fingerprint density at radius 1 is 0.931 bits per heavy atom. The first-order valence-electron chi connectivity index (χ1n) is 11.8. The smallest absolute Gasteiger partial charge is 0.338 e. The van der Waals surface area contributed by atoms with Crippen LogP contribution < -0.4 is 0 Å². The third kappa shape index (κ3) is 8.15. The van der Waals surface area contributed by atoms with Crippen molar-refractivity contribution in [2.24, 2.45) is 17.3 Å². The molecule has 2 atom stereocenters. The molecule has 0 N–H and O–H groups in total. The van der Waals surface area contributed by atoms with Gasteiger partial charge in [0.1, 0.15) is 5.60 Å². The van der Waals surface area contributed by atoms with Gasteiger partial charge < -0.3 is 4.74 Å². The molecule has 2 unspecified atom stereocenters. The molecule has 0 aliphatic rings. The minimum Gasteiger partial charge on any atom is -0.456 e. The third-order valence-corrected chi connectivity index (χ3v) is 6.18. The average Bonchev–Trinajstić information content (AvgIpc) is 2.61. The molecule has 166 valence electrons. The summed E-state index contributed by atoms with van der Waals surface area (Å²) >= 11 is 0. The number of carbonyl (C=O) groups is 1. The monoisotopic (exact) mass is 402 g/mol. The van der Waals surface area contributed by atoms with Crippen LogP contribution in [-0.4, -0.2) is 11.6 Å². The van der Waals surface area contributed by atoms with E-state index in [9.17, 15) is 4.79 Å². The fraction of sp³-hybridized carbons (Fsp3) is 0.741. The lowest BCUT2D eigenvalue weighted by Crippen LogP contribution is -2.37. The molecule has 0 radical (unpaired) electrons. The lowest BCUT2D eigenvalue weighted by Gasteiger charge is -2.34. The largest absolute Gasteiger partial charge is 0.456 e. The van der Waals surface area contributed by atoms with E-state index in [4.69, 9.17) is 4.74 Å². The van der Waals surface area contributed by atoms with Crippen molar-refractivity contribution in [2.75, 3.05) is 0 Å². The molecule has 1 rings (SSSR count). The molecule has 0 aliphatic carbocycles. The van der Waals surface area contributed by atoms with Crippen LogP contribution in [0, 0.1) is 17.3 Å². The van der Waals surface area contributed by atoms with E-state index in [0.717, 1.165) is 25.7 Å². The Balaban J connectivity index is 2.94. The number of hydrogen-bond donors (Lipinski definition) is 0. The topological polar surface area (TPSA) is 26.3 Å². The van der Waals surface area contributed by atoms with Gasteiger partial charge in [0.25, 0.3) is 0 Å².